The van der Waals surface area contributed by atoms with Crippen molar-refractivity contribution >= 4 is 11.5 Å². The molecule has 0 bridgehead atoms. The van der Waals surface area contributed by atoms with Crippen molar-refractivity contribution in [3.05, 3.63) is 35.8 Å². The van der Waals surface area contributed by atoms with Crippen molar-refractivity contribution in [1.29, 1.82) is 0 Å². The van der Waals surface area contributed by atoms with E-state index in [0.717, 1.165) is 16.9 Å². The van der Waals surface area contributed by atoms with Gasteiger partial charge in [0.25, 0.3) is 0 Å². The van der Waals surface area contributed by atoms with Gasteiger partial charge in [-0.25, -0.2) is 4.98 Å². The van der Waals surface area contributed by atoms with Crippen LogP contribution in [0.3, 0.4) is 0 Å². The fraction of sp³-hybridized carbons (Fsp3) is 0.200. The van der Waals surface area contributed by atoms with E-state index in [2.05, 4.69) is 10.1 Å². The fourth-order valence-corrected chi connectivity index (χ4v) is 1.49. The number of aromatic nitrogens is 2. The molecule has 0 aliphatic heterocycles. The van der Waals surface area contributed by atoms with E-state index in [4.69, 9.17) is 10.9 Å². The molecule has 0 radical (unpaired) electrons. The molecule has 5 nitrogen and oxygen atoms in total. The smallest absolute Gasteiger partial charge is 0.145 e. The van der Waals surface area contributed by atoms with Crippen molar-refractivity contribution < 1.29 is 5.21 Å². The molecule has 0 aliphatic carbocycles. The third-order valence-electron chi connectivity index (χ3n) is 2.24. The quantitative estimate of drug-likeness (QED) is 0.331. The Balaban J connectivity index is 2.45. The number of aryl methyl sites for hydroxylation is 1. The lowest BCUT2D eigenvalue weighted by Crippen LogP contribution is -2.15. The van der Waals surface area contributed by atoms with Crippen LogP contribution in [0.2, 0.25) is 0 Å². The van der Waals surface area contributed by atoms with Crippen molar-refractivity contribution in [3.8, 4) is 0 Å². The minimum Gasteiger partial charge on any atom is -0.409 e. The molecule has 78 valence electrons. The van der Waals surface area contributed by atoms with E-state index in [-0.39, 0.29) is 5.84 Å². The summed E-state index contributed by atoms with van der Waals surface area (Å²) in [6, 6.07) is 3.97. The monoisotopic (exact) mass is 204 g/mol. The van der Waals surface area contributed by atoms with Gasteiger partial charge in [-0.1, -0.05) is 5.16 Å². The Hall–Kier alpha value is -2.04. The number of hydrogen-bond donors (Lipinski definition) is 2. The van der Waals surface area contributed by atoms with Crippen LogP contribution < -0.4 is 5.73 Å². The van der Waals surface area contributed by atoms with Crippen LogP contribution >= 0.6 is 0 Å². The molecule has 0 aromatic carbocycles. The third kappa shape index (κ3) is 1.76. The summed E-state index contributed by atoms with van der Waals surface area (Å²) in [4.78, 5) is 4.24. The van der Waals surface area contributed by atoms with Gasteiger partial charge in [0.05, 0.1) is 12.1 Å². The first-order valence-corrected chi connectivity index (χ1v) is 4.59. The number of pyridine rings is 1. The Bertz CT molecular complexity index is 515. The van der Waals surface area contributed by atoms with Gasteiger partial charge in [0.2, 0.25) is 0 Å². The van der Waals surface area contributed by atoms with Crippen molar-refractivity contribution in [2.24, 2.45) is 10.9 Å². The van der Waals surface area contributed by atoms with E-state index < -0.39 is 0 Å². The second-order valence-electron chi connectivity index (χ2n) is 3.45. The summed E-state index contributed by atoms with van der Waals surface area (Å²) in [5, 5.41) is 11.4. The number of imidazole rings is 1. The number of amidine groups is 1. The molecule has 2 rings (SSSR count). The molecule has 5 heteroatoms. The molecule has 0 saturated carbocycles. The summed E-state index contributed by atoms with van der Waals surface area (Å²) in [7, 11) is 0. The molecule has 2 aromatic heterocycles. The maximum Gasteiger partial charge on any atom is 0.145 e. The Kier molecular flexibility index (Phi) is 2.29. The predicted molar refractivity (Wildman–Crippen MR) is 57.0 cm³/mol. The van der Waals surface area contributed by atoms with Crippen molar-refractivity contribution in [3.63, 3.8) is 0 Å². The first kappa shape index (κ1) is 9.51. The maximum atomic E-state index is 8.48. The van der Waals surface area contributed by atoms with Gasteiger partial charge in [-0.2, -0.15) is 0 Å². The molecule has 0 fully saturated rings. The lowest BCUT2D eigenvalue weighted by atomic mass is 10.3. The number of nitrogens with two attached hydrogens (primary N) is 1. The highest BCUT2D eigenvalue weighted by Gasteiger charge is 2.04. The summed E-state index contributed by atoms with van der Waals surface area (Å²) in [6.45, 7) is 2.01. The van der Waals surface area contributed by atoms with E-state index in [1.807, 2.05) is 29.7 Å². The average Bonchev–Trinajstić information content (AvgIpc) is 2.60. The zero-order valence-electron chi connectivity index (χ0n) is 8.38. The highest BCUT2D eigenvalue weighted by molar-refractivity contribution is 5.81. The van der Waals surface area contributed by atoms with Crippen LogP contribution in [0.15, 0.2) is 29.7 Å². The average molecular weight is 204 g/mol. The van der Waals surface area contributed by atoms with Crippen LogP contribution in [-0.4, -0.2) is 20.4 Å². The molecule has 2 aromatic rings. The van der Waals surface area contributed by atoms with Gasteiger partial charge in [0, 0.05) is 12.4 Å². The topological polar surface area (TPSA) is 75.9 Å². The van der Waals surface area contributed by atoms with E-state index in [1.54, 1.807) is 6.20 Å². The summed E-state index contributed by atoms with van der Waals surface area (Å²) in [5.74, 6) is 0.178. The van der Waals surface area contributed by atoms with E-state index >= 15 is 0 Å². The van der Waals surface area contributed by atoms with Gasteiger partial charge in [0.15, 0.2) is 0 Å². The van der Waals surface area contributed by atoms with E-state index in [1.165, 1.54) is 0 Å². The van der Waals surface area contributed by atoms with Gasteiger partial charge in [-0.15, -0.1) is 0 Å². The van der Waals surface area contributed by atoms with E-state index in [0.29, 0.717) is 6.42 Å². The van der Waals surface area contributed by atoms with Gasteiger partial charge in [0.1, 0.15) is 11.5 Å². The first-order chi connectivity index (χ1) is 7.20. The Morgan fingerprint density at radius 3 is 3.20 bits per heavy atom. The first-order valence-electron chi connectivity index (χ1n) is 4.59. The molecule has 0 amide bonds. The number of oxime groups is 1. The molecule has 2 heterocycles. The Morgan fingerprint density at radius 2 is 2.47 bits per heavy atom. The Morgan fingerprint density at radius 1 is 1.67 bits per heavy atom. The molecule has 15 heavy (non-hydrogen) atoms. The molecule has 0 atom stereocenters. The highest BCUT2D eigenvalue weighted by atomic mass is 16.4. The summed E-state index contributed by atoms with van der Waals surface area (Å²) >= 11 is 0. The summed E-state index contributed by atoms with van der Waals surface area (Å²) in [5.41, 5.74) is 8.37. The molecule has 0 unspecified atom stereocenters. The number of hydrogen-bond acceptors (Lipinski definition) is 3. The molecular weight excluding hydrogens is 192 g/mol. The predicted octanol–water partition coefficient (Wildman–Crippen LogP) is 0.932. The van der Waals surface area contributed by atoms with Crippen LogP contribution in [-0.2, 0) is 6.42 Å². The zero-order valence-corrected chi connectivity index (χ0v) is 8.38. The van der Waals surface area contributed by atoms with Gasteiger partial charge < -0.3 is 15.3 Å². The zero-order chi connectivity index (χ0) is 10.8. The fourth-order valence-electron chi connectivity index (χ4n) is 1.49. The van der Waals surface area contributed by atoms with Crippen LogP contribution in [0.5, 0.6) is 0 Å². The second-order valence-corrected chi connectivity index (χ2v) is 3.45. The number of rotatable bonds is 2. The van der Waals surface area contributed by atoms with Crippen molar-refractivity contribution in [2.45, 2.75) is 13.3 Å². The number of nitrogens with zero attached hydrogens (tertiary/aromatic N) is 3. The molecule has 0 aliphatic rings. The standard InChI is InChI=1S/C10H12N4O/c1-7-2-3-14-8(5-9(11)13-15)6-12-10(14)4-7/h2-4,6,15H,5H2,1H3,(H2,11,13). The largest absolute Gasteiger partial charge is 0.409 e. The van der Waals surface area contributed by atoms with Gasteiger partial charge in [-0.3, -0.25) is 0 Å². The lowest BCUT2D eigenvalue weighted by molar-refractivity contribution is 0.317. The molecule has 0 spiro atoms. The van der Waals surface area contributed by atoms with E-state index in [9.17, 15) is 0 Å². The van der Waals surface area contributed by atoms with Crippen LogP contribution in [0, 0.1) is 6.92 Å². The van der Waals surface area contributed by atoms with Crippen molar-refractivity contribution in [1.82, 2.24) is 9.38 Å². The minimum atomic E-state index is 0.178. The SMILES string of the molecule is Cc1ccn2c(C/C(N)=N/O)cnc2c1. The second kappa shape index (κ2) is 3.61. The van der Waals surface area contributed by atoms with Crippen LogP contribution in [0.1, 0.15) is 11.3 Å². The van der Waals surface area contributed by atoms with Gasteiger partial charge in [-0.05, 0) is 24.6 Å². The molecular formula is C10H12N4O. The lowest BCUT2D eigenvalue weighted by Gasteiger charge is -2.00. The summed E-state index contributed by atoms with van der Waals surface area (Å²) in [6.07, 6.45) is 4.05. The summed E-state index contributed by atoms with van der Waals surface area (Å²) < 4.78 is 1.92. The van der Waals surface area contributed by atoms with Crippen LogP contribution in [0.4, 0.5) is 0 Å². The highest BCUT2D eigenvalue weighted by Crippen LogP contribution is 2.09. The van der Waals surface area contributed by atoms with Crippen molar-refractivity contribution in [2.75, 3.05) is 0 Å². The normalized spacial score (nSPS) is 12.2. The minimum absolute atomic E-state index is 0.178. The van der Waals surface area contributed by atoms with Crippen LogP contribution in [0.25, 0.3) is 5.65 Å². The molecule has 0 saturated heterocycles. The third-order valence-corrected chi connectivity index (χ3v) is 2.24. The molecule has 3 N–H and O–H groups in total. The Labute approximate surface area is 86.8 Å². The maximum absolute atomic E-state index is 8.48. The number of fused-ring (bicyclic) bond motifs is 1. The van der Waals surface area contributed by atoms with Gasteiger partial charge >= 0.3 is 0 Å².